The van der Waals surface area contributed by atoms with Crippen molar-refractivity contribution in [2.45, 2.75) is 25.7 Å². The van der Waals surface area contributed by atoms with E-state index in [0.29, 0.717) is 37.5 Å². The van der Waals surface area contributed by atoms with Crippen LogP contribution in [-0.2, 0) is 21.0 Å². The molecule has 2 aliphatic rings. The van der Waals surface area contributed by atoms with E-state index in [9.17, 15) is 9.35 Å². The molecule has 23 heavy (non-hydrogen) atoms. The normalized spacial score (nSPS) is 26.8. The van der Waals surface area contributed by atoms with Gasteiger partial charge in [-0.2, -0.15) is 0 Å². The van der Waals surface area contributed by atoms with E-state index in [1.54, 1.807) is 0 Å². The predicted molar refractivity (Wildman–Crippen MR) is 85.2 cm³/mol. The fraction of sp³-hybridized carbons (Fsp3) is 0.800. The van der Waals surface area contributed by atoms with Crippen LogP contribution in [0.1, 0.15) is 25.7 Å². The average Bonchev–Trinajstić information content (AvgIpc) is 3.14. The van der Waals surface area contributed by atoms with E-state index in [1.165, 1.54) is 0 Å². The first kappa shape index (κ1) is 18.4. The van der Waals surface area contributed by atoms with Gasteiger partial charge in [-0.15, -0.1) is 21.3 Å². The molecule has 3 N–H and O–H groups in total. The van der Waals surface area contributed by atoms with Gasteiger partial charge in [-0.3, -0.25) is 0 Å². The molecule has 1 amide bonds. The Kier molecular flexibility index (Phi) is 7.99. The maximum Gasteiger partial charge on any atom is 0.450 e. The summed E-state index contributed by atoms with van der Waals surface area (Å²) in [6.45, 7) is 1.16. The van der Waals surface area contributed by atoms with Gasteiger partial charge in [0.05, 0.1) is 33.0 Å². The summed E-state index contributed by atoms with van der Waals surface area (Å²) in [5.74, 6) is 7.93. The van der Waals surface area contributed by atoms with Crippen LogP contribution in [0.25, 0.3) is 0 Å². The van der Waals surface area contributed by atoms with Gasteiger partial charge < -0.3 is 19.1 Å². The van der Waals surface area contributed by atoms with Gasteiger partial charge in [0, 0.05) is 12.8 Å². The van der Waals surface area contributed by atoms with Gasteiger partial charge in [0.2, 0.25) is 0 Å². The largest absolute Gasteiger partial charge is 0.573 e. The van der Waals surface area contributed by atoms with Crippen LogP contribution in [0.2, 0.25) is 0 Å². The summed E-state index contributed by atoms with van der Waals surface area (Å²) >= 11 is -1.70. The number of nitrogens with one attached hydrogen (secondary N) is 2. The Labute approximate surface area is 139 Å². The number of aliphatic hydroxyl groups is 1. The van der Waals surface area contributed by atoms with Crippen molar-refractivity contribution in [2.24, 2.45) is 17.8 Å². The second-order valence-electron chi connectivity index (χ2n) is 5.62. The van der Waals surface area contributed by atoms with Crippen molar-refractivity contribution in [3.63, 3.8) is 0 Å². The Bertz CT molecular complexity index is 421. The Balaban J connectivity index is 1.53. The zero-order chi connectivity index (χ0) is 16.5. The minimum Gasteiger partial charge on any atom is -0.573 e. The first-order chi connectivity index (χ1) is 11.2. The molecular weight excluding hydrogens is 320 g/mol. The highest BCUT2D eigenvalue weighted by atomic mass is 32.2. The standard InChI is InChI=1S/C15H24N2O5S/c18-8-10-21-9-7-16-23(20)17-15(19)22-11-14-12-5-3-1-2-4-6-13(12)14/h12-14,16,18H,3-11H2,(H,17,19)/t12-,13+,14-,23?. The fourth-order valence-electron chi connectivity index (χ4n) is 2.97. The topological polar surface area (TPSA) is 103 Å². The van der Waals surface area contributed by atoms with Crippen molar-refractivity contribution in [1.29, 1.82) is 0 Å². The number of hydrogen-bond acceptors (Lipinski definition) is 6. The maximum atomic E-state index is 11.6. The van der Waals surface area contributed by atoms with Crippen molar-refractivity contribution < 1.29 is 23.9 Å². The third-order valence-electron chi connectivity index (χ3n) is 4.14. The molecule has 1 saturated carbocycles. The molecule has 0 aliphatic heterocycles. The van der Waals surface area contributed by atoms with Crippen LogP contribution in [0.15, 0.2) is 0 Å². The van der Waals surface area contributed by atoms with Gasteiger partial charge in [0.15, 0.2) is 11.5 Å². The fourth-order valence-corrected chi connectivity index (χ4v) is 3.52. The zero-order valence-electron chi connectivity index (χ0n) is 13.1. The van der Waals surface area contributed by atoms with Crippen molar-refractivity contribution in [3.05, 3.63) is 0 Å². The van der Waals surface area contributed by atoms with Crippen LogP contribution < -0.4 is 9.44 Å². The van der Waals surface area contributed by atoms with E-state index in [2.05, 4.69) is 21.3 Å². The number of ether oxygens (including phenoxy) is 2. The van der Waals surface area contributed by atoms with Crippen LogP contribution in [0.4, 0.5) is 4.79 Å². The lowest BCUT2D eigenvalue weighted by Gasteiger charge is -2.11. The van der Waals surface area contributed by atoms with Gasteiger partial charge in [-0.25, -0.2) is 4.79 Å². The molecule has 1 unspecified atom stereocenters. The van der Waals surface area contributed by atoms with E-state index in [1.807, 2.05) is 0 Å². The summed E-state index contributed by atoms with van der Waals surface area (Å²) in [6, 6.07) is 0. The van der Waals surface area contributed by atoms with E-state index in [-0.39, 0.29) is 13.2 Å². The number of rotatable bonds is 9. The summed E-state index contributed by atoms with van der Waals surface area (Å²) in [6.07, 6.45) is 3.33. The van der Waals surface area contributed by atoms with Crippen molar-refractivity contribution in [1.82, 2.24) is 9.44 Å². The first-order valence-corrected chi connectivity index (χ1v) is 9.10. The molecular formula is C15H24N2O5S. The summed E-state index contributed by atoms with van der Waals surface area (Å²) in [5, 5.41) is 8.52. The van der Waals surface area contributed by atoms with Crippen molar-refractivity contribution in [2.75, 3.05) is 33.0 Å². The molecule has 0 aromatic heterocycles. The van der Waals surface area contributed by atoms with Gasteiger partial charge in [-0.05, 0) is 30.6 Å². The minimum atomic E-state index is -1.70. The summed E-state index contributed by atoms with van der Waals surface area (Å²) in [5.41, 5.74) is 0. The Morgan fingerprint density at radius 1 is 1.26 bits per heavy atom. The molecule has 0 saturated heterocycles. The van der Waals surface area contributed by atoms with Gasteiger partial charge in [0.1, 0.15) is 0 Å². The molecule has 1 fully saturated rings. The molecule has 4 atom stereocenters. The molecule has 0 heterocycles. The number of fused-ring (bicyclic) bond motifs is 1. The molecule has 2 rings (SSSR count). The number of amides is 1. The molecule has 7 nitrogen and oxygen atoms in total. The molecule has 8 heteroatoms. The lowest BCUT2D eigenvalue weighted by atomic mass is 10.1. The third-order valence-corrected chi connectivity index (χ3v) is 4.96. The maximum absolute atomic E-state index is 11.6. The monoisotopic (exact) mass is 344 g/mol. The highest BCUT2D eigenvalue weighted by Crippen LogP contribution is 2.52. The van der Waals surface area contributed by atoms with E-state index in [0.717, 1.165) is 25.7 Å². The smallest absolute Gasteiger partial charge is 0.450 e. The summed E-state index contributed by atoms with van der Waals surface area (Å²) in [4.78, 5) is 11.6. The zero-order valence-corrected chi connectivity index (χ0v) is 13.9. The summed E-state index contributed by atoms with van der Waals surface area (Å²) < 4.78 is 26.5. The first-order valence-electron chi connectivity index (χ1n) is 7.95. The number of hydrogen-bond donors (Lipinski definition) is 3. The second kappa shape index (κ2) is 10.0. The van der Waals surface area contributed by atoms with Gasteiger partial charge in [0.25, 0.3) is 0 Å². The van der Waals surface area contributed by atoms with Crippen LogP contribution in [0.3, 0.4) is 0 Å². The minimum absolute atomic E-state index is 0.0526. The van der Waals surface area contributed by atoms with Crippen molar-refractivity contribution >= 4 is 17.6 Å². The van der Waals surface area contributed by atoms with E-state index in [4.69, 9.17) is 14.6 Å². The van der Waals surface area contributed by atoms with Crippen LogP contribution >= 0.6 is 0 Å². The summed E-state index contributed by atoms with van der Waals surface area (Å²) in [7, 11) is 0. The Morgan fingerprint density at radius 2 is 1.96 bits per heavy atom. The second-order valence-corrected chi connectivity index (χ2v) is 6.65. The number of carbonyl (C=O) groups is 1. The van der Waals surface area contributed by atoms with E-state index < -0.39 is 17.6 Å². The highest BCUT2D eigenvalue weighted by molar-refractivity contribution is 7.88. The van der Waals surface area contributed by atoms with Crippen LogP contribution in [0.5, 0.6) is 0 Å². The number of carbonyl (C=O) groups excluding carboxylic acids is 1. The predicted octanol–water partition coefficient (Wildman–Crippen LogP) is 0.329. The van der Waals surface area contributed by atoms with Crippen molar-refractivity contribution in [3.8, 4) is 11.8 Å². The molecule has 0 spiro atoms. The lowest BCUT2D eigenvalue weighted by Crippen LogP contribution is -2.42. The Hall–Kier alpha value is -0.980. The Morgan fingerprint density at radius 3 is 2.61 bits per heavy atom. The highest BCUT2D eigenvalue weighted by Gasteiger charge is 2.49. The molecule has 0 aromatic carbocycles. The molecule has 2 aliphatic carbocycles. The van der Waals surface area contributed by atoms with E-state index >= 15 is 0 Å². The molecule has 0 radical (unpaired) electrons. The SMILES string of the molecule is O=C(N[S+]([O-])NCCOCCO)OC[C@@H]1[C@@H]2CCC#CCC[C@@H]21. The molecule has 0 aromatic rings. The van der Waals surface area contributed by atoms with Gasteiger partial charge >= 0.3 is 6.09 Å². The quantitative estimate of drug-likeness (QED) is 0.316. The van der Waals surface area contributed by atoms with Crippen LogP contribution in [0, 0.1) is 29.6 Å². The van der Waals surface area contributed by atoms with Crippen LogP contribution in [-0.4, -0.2) is 48.7 Å². The molecule has 0 bridgehead atoms. The third kappa shape index (κ3) is 6.57. The number of aliphatic hydroxyl groups excluding tert-OH is 1. The molecule has 130 valence electrons. The van der Waals surface area contributed by atoms with Gasteiger partial charge in [-0.1, -0.05) is 0 Å². The average molecular weight is 344 g/mol. The lowest BCUT2D eigenvalue weighted by molar-refractivity contribution is 0.0960.